The van der Waals surface area contributed by atoms with Crippen LogP contribution >= 0.6 is 23.6 Å². The third-order valence-corrected chi connectivity index (χ3v) is 7.84. The zero-order valence-corrected chi connectivity index (χ0v) is 22.0. The van der Waals surface area contributed by atoms with Crippen molar-refractivity contribution >= 4 is 39.6 Å². The molecule has 1 aliphatic heterocycles. The zero-order chi connectivity index (χ0) is 24.4. The minimum Gasteiger partial charge on any atom is -0.465 e. The Kier molecular flexibility index (Phi) is 7.35. The molecule has 2 aromatic heterocycles. The number of ether oxygens (including phenoxy) is 1. The van der Waals surface area contributed by atoms with Crippen molar-refractivity contribution in [1.82, 2.24) is 19.6 Å². The number of esters is 1. The van der Waals surface area contributed by atoms with E-state index in [1.54, 1.807) is 0 Å². The Morgan fingerprint density at radius 1 is 1.15 bits per heavy atom. The van der Waals surface area contributed by atoms with Crippen LogP contribution in [0.4, 0.5) is 5.00 Å². The van der Waals surface area contributed by atoms with Crippen LogP contribution in [-0.4, -0.2) is 64.0 Å². The fourth-order valence-electron chi connectivity index (χ4n) is 4.44. The number of rotatable bonds is 5. The molecule has 0 saturated carbocycles. The molecule has 0 bridgehead atoms. The van der Waals surface area contributed by atoms with Crippen LogP contribution in [0.1, 0.15) is 32.2 Å². The number of anilines is 1. The standard InChI is InChI=1S/C25H31N5O2S2/c1-16-20(17(2)28(4)27-16)15-29-11-13-30(14-12-29)25(33)26-23-22(24(31)32-5)21(18(3)34-23)19-9-7-6-8-10-19/h6-10H,11-15H2,1-5H3,(H,26,33). The molecule has 1 N–H and O–H groups in total. The van der Waals surface area contributed by atoms with Gasteiger partial charge in [-0.25, -0.2) is 4.79 Å². The largest absolute Gasteiger partial charge is 0.465 e. The number of benzene rings is 1. The Bertz CT molecular complexity index is 1190. The second-order valence-corrected chi connectivity index (χ2v) is 10.2. The Morgan fingerprint density at radius 2 is 1.82 bits per heavy atom. The molecule has 34 heavy (non-hydrogen) atoms. The van der Waals surface area contributed by atoms with Gasteiger partial charge in [0.1, 0.15) is 10.6 Å². The number of nitrogens with one attached hydrogen (secondary N) is 1. The number of nitrogens with zero attached hydrogens (tertiary/aromatic N) is 4. The SMILES string of the molecule is COC(=O)c1c(NC(=S)N2CCN(Cc3c(C)nn(C)c3C)CC2)sc(C)c1-c1ccccc1. The van der Waals surface area contributed by atoms with E-state index < -0.39 is 0 Å². The lowest BCUT2D eigenvalue weighted by molar-refractivity contribution is 0.0603. The summed E-state index contributed by atoms with van der Waals surface area (Å²) in [7, 11) is 3.41. The highest BCUT2D eigenvalue weighted by Crippen LogP contribution is 2.40. The number of thiocarbonyl (C=S) groups is 1. The summed E-state index contributed by atoms with van der Waals surface area (Å²) in [5, 5.41) is 9.27. The summed E-state index contributed by atoms with van der Waals surface area (Å²) < 4.78 is 7.08. The molecule has 7 nitrogen and oxygen atoms in total. The van der Waals surface area contributed by atoms with Gasteiger partial charge in [0.05, 0.1) is 12.8 Å². The minimum atomic E-state index is -0.361. The van der Waals surface area contributed by atoms with Gasteiger partial charge < -0.3 is 15.0 Å². The van der Waals surface area contributed by atoms with Crippen LogP contribution in [0.15, 0.2) is 30.3 Å². The van der Waals surface area contributed by atoms with E-state index in [1.807, 2.05) is 49.0 Å². The van der Waals surface area contributed by atoms with Gasteiger partial charge in [-0.3, -0.25) is 9.58 Å². The average Bonchev–Trinajstić information content (AvgIpc) is 3.29. The fourth-order valence-corrected chi connectivity index (χ4v) is 5.85. The molecule has 0 unspecified atom stereocenters. The predicted molar refractivity (Wildman–Crippen MR) is 142 cm³/mol. The Balaban J connectivity index is 1.46. The summed E-state index contributed by atoms with van der Waals surface area (Å²) in [4.78, 5) is 18.4. The van der Waals surface area contributed by atoms with E-state index >= 15 is 0 Å². The van der Waals surface area contributed by atoms with Crippen molar-refractivity contribution in [2.45, 2.75) is 27.3 Å². The molecular formula is C25H31N5O2S2. The molecule has 9 heteroatoms. The average molecular weight is 498 g/mol. The maximum absolute atomic E-state index is 12.7. The number of hydrogen-bond donors (Lipinski definition) is 1. The monoisotopic (exact) mass is 497 g/mol. The first kappa shape index (κ1) is 24.4. The van der Waals surface area contributed by atoms with Gasteiger partial charge >= 0.3 is 5.97 Å². The second-order valence-electron chi connectivity index (χ2n) is 8.56. The molecule has 1 aromatic carbocycles. The molecule has 180 valence electrons. The van der Waals surface area contributed by atoms with Crippen LogP contribution in [-0.2, 0) is 18.3 Å². The van der Waals surface area contributed by atoms with E-state index in [4.69, 9.17) is 17.0 Å². The van der Waals surface area contributed by atoms with Gasteiger partial charge in [-0.05, 0) is 38.6 Å². The lowest BCUT2D eigenvalue weighted by Crippen LogP contribution is -2.49. The minimum absolute atomic E-state index is 0.361. The summed E-state index contributed by atoms with van der Waals surface area (Å²) in [6.45, 7) is 10.6. The highest BCUT2D eigenvalue weighted by molar-refractivity contribution is 7.80. The summed E-state index contributed by atoms with van der Waals surface area (Å²) in [6, 6.07) is 9.93. The fraction of sp³-hybridized carbons (Fsp3) is 0.400. The molecule has 0 radical (unpaired) electrons. The van der Waals surface area contributed by atoms with Crippen LogP contribution in [0.25, 0.3) is 11.1 Å². The molecule has 3 heterocycles. The van der Waals surface area contributed by atoms with E-state index in [0.717, 1.165) is 59.4 Å². The van der Waals surface area contributed by atoms with Gasteiger partial charge in [0.2, 0.25) is 0 Å². The maximum Gasteiger partial charge on any atom is 0.341 e. The number of methoxy groups -OCH3 is 1. The van der Waals surface area contributed by atoms with E-state index in [9.17, 15) is 4.79 Å². The van der Waals surface area contributed by atoms with Crippen molar-refractivity contribution in [3.8, 4) is 11.1 Å². The van der Waals surface area contributed by atoms with Crippen LogP contribution in [0.5, 0.6) is 0 Å². The molecule has 0 aliphatic carbocycles. The smallest absolute Gasteiger partial charge is 0.341 e. The number of thiophene rings is 1. The van der Waals surface area contributed by atoms with Crippen molar-refractivity contribution in [3.05, 3.63) is 57.7 Å². The number of carbonyl (C=O) groups is 1. The van der Waals surface area contributed by atoms with E-state index in [0.29, 0.717) is 10.7 Å². The van der Waals surface area contributed by atoms with Crippen LogP contribution in [0.2, 0.25) is 0 Å². The quantitative estimate of drug-likeness (QED) is 0.415. The number of aromatic nitrogens is 2. The van der Waals surface area contributed by atoms with Crippen molar-refractivity contribution in [3.63, 3.8) is 0 Å². The molecule has 1 saturated heterocycles. The summed E-state index contributed by atoms with van der Waals surface area (Å²) in [5.74, 6) is -0.361. The first-order valence-corrected chi connectivity index (χ1v) is 12.6. The van der Waals surface area contributed by atoms with E-state index in [2.05, 4.69) is 34.1 Å². The van der Waals surface area contributed by atoms with Crippen molar-refractivity contribution in [2.24, 2.45) is 7.05 Å². The van der Waals surface area contributed by atoms with E-state index in [1.165, 1.54) is 29.7 Å². The third kappa shape index (κ3) is 4.87. The number of piperazine rings is 1. The predicted octanol–water partition coefficient (Wildman–Crippen LogP) is 4.38. The molecule has 1 fully saturated rings. The summed E-state index contributed by atoms with van der Waals surface area (Å²) in [6.07, 6.45) is 0. The first-order chi connectivity index (χ1) is 16.3. The van der Waals surface area contributed by atoms with Gasteiger partial charge in [-0.15, -0.1) is 11.3 Å². The highest BCUT2D eigenvalue weighted by atomic mass is 32.1. The summed E-state index contributed by atoms with van der Waals surface area (Å²) >= 11 is 7.29. The zero-order valence-electron chi connectivity index (χ0n) is 20.3. The normalized spacial score (nSPS) is 14.3. The Labute approximate surface area is 210 Å². The lowest BCUT2D eigenvalue weighted by Gasteiger charge is -2.36. The van der Waals surface area contributed by atoms with Gasteiger partial charge in [-0.2, -0.15) is 5.10 Å². The van der Waals surface area contributed by atoms with Crippen LogP contribution in [0, 0.1) is 20.8 Å². The van der Waals surface area contributed by atoms with Crippen molar-refractivity contribution in [1.29, 1.82) is 0 Å². The molecule has 0 amide bonds. The Morgan fingerprint density at radius 3 is 2.41 bits per heavy atom. The highest BCUT2D eigenvalue weighted by Gasteiger charge is 2.26. The molecule has 3 aromatic rings. The molecule has 0 atom stereocenters. The molecule has 1 aliphatic rings. The van der Waals surface area contributed by atoms with Gasteiger partial charge in [0, 0.05) is 61.5 Å². The maximum atomic E-state index is 12.7. The van der Waals surface area contributed by atoms with Crippen molar-refractivity contribution < 1.29 is 9.53 Å². The first-order valence-electron chi connectivity index (χ1n) is 11.3. The summed E-state index contributed by atoms with van der Waals surface area (Å²) in [5.41, 5.74) is 6.05. The number of aryl methyl sites for hydroxylation is 3. The van der Waals surface area contributed by atoms with Crippen LogP contribution < -0.4 is 5.32 Å². The second kappa shape index (κ2) is 10.2. The van der Waals surface area contributed by atoms with Gasteiger partial charge in [0.25, 0.3) is 0 Å². The lowest BCUT2D eigenvalue weighted by atomic mass is 10.0. The third-order valence-electron chi connectivity index (χ3n) is 6.46. The molecular weight excluding hydrogens is 466 g/mol. The van der Waals surface area contributed by atoms with Gasteiger partial charge in [0.15, 0.2) is 5.11 Å². The van der Waals surface area contributed by atoms with Gasteiger partial charge in [-0.1, -0.05) is 30.3 Å². The topological polar surface area (TPSA) is 62.6 Å². The number of hydrogen-bond acceptors (Lipinski definition) is 6. The molecule has 0 spiro atoms. The number of carbonyl (C=O) groups excluding carboxylic acids is 1. The Hall–Kier alpha value is -2.75. The van der Waals surface area contributed by atoms with Crippen molar-refractivity contribution in [2.75, 3.05) is 38.6 Å². The molecule has 4 rings (SSSR count). The van der Waals surface area contributed by atoms with Crippen LogP contribution in [0.3, 0.4) is 0 Å². The van der Waals surface area contributed by atoms with E-state index in [-0.39, 0.29) is 5.97 Å².